The fraction of sp³-hybridized carbons (Fsp3) is 0.400. The maximum atomic E-state index is 12.0. The largest absolute Gasteiger partial charge is 0.484 e. The molecule has 0 spiro atoms. The van der Waals surface area contributed by atoms with Crippen LogP contribution >= 0.6 is 0 Å². The number of carbonyl (C=O) groups is 2. The molecule has 0 heterocycles. The summed E-state index contributed by atoms with van der Waals surface area (Å²) in [4.78, 5) is 24.2. The van der Waals surface area contributed by atoms with Crippen LogP contribution in [0.25, 0.3) is 0 Å². The normalized spacial score (nSPS) is 11.3. The van der Waals surface area contributed by atoms with Crippen LogP contribution in [-0.2, 0) is 9.59 Å². The molecule has 0 saturated heterocycles. The second-order valence-electron chi connectivity index (χ2n) is 4.60. The first-order valence-corrected chi connectivity index (χ1v) is 6.61. The summed E-state index contributed by atoms with van der Waals surface area (Å²) >= 11 is 0. The van der Waals surface area contributed by atoms with Gasteiger partial charge < -0.3 is 14.7 Å². The molecule has 1 N–H and O–H groups in total. The average molecular weight is 290 g/mol. The molecule has 0 fully saturated rings. The summed E-state index contributed by atoms with van der Waals surface area (Å²) in [6.45, 7) is 3.76. The molecule has 6 nitrogen and oxygen atoms in total. The van der Waals surface area contributed by atoms with Crippen LogP contribution in [0.4, 0.5) is 0 Å². The first kappa shape index (κ1) is 16.5. The second kappa shape index (κ2) is 7.90. The molecule has 0 aliphatic carbocycles. The van der Waals surface area contributed by atoms with Crippen LogP contribution in [0.2, 0.25) is 0 Å². The lowest BCUT2D eigenvalue weighted by atomic mass is 10.1. The van der Waals surface area contributed by atoms with Crippen molar-refractivity contribution in [2.45, 2.75) is 13.8 Å². The van der Waals surface area contributed by atoms with Crippen LogP contribution < -0.4 is 4.74 Å². The Labute approximate surface area is 123 Å². The topological polar surface area (TPSA) is 90.6 Å². The Kier molecular flexibility index (Phi) is 6.21. The lowest BCUT2D eigenvalue weighted by Crippen LogP contribution is -2.39. The lowest BCUT2D eigenvalue weighted by Gasteiger charge is -2.22. The summed E-state index contributed by atoms with van der Waals surface area (Å²) < 4.78 is 5.34. The molecule has 1 aromatic rings. The van der Waals surface area contributed by atoms with Crippen molar-refractivity contribution in [1.82, 2.24) is 4.90 Å². The number of carboxylic acids is 1. The van der Waals surface area contributed by atoms with Crippen LogP contribution in [0, 0.1) is 17.2 Å². The van der Waals surface area contributed by atoms with Crippen molar-refractivity contribution in [3.63, 3.8) is 0 Å². The molecule has 1 unspecified atom stereocenters. The average Bonchev–Trinajstić information content (AvgIpc) is 2.50. The van der Waals surface area contributed by atoms with E-state index in [9.17, 15) is 9.59 Å². The number of hydrogen-bond acceptors (Lipinski definition) is 4. The van der Waals surface area contributed by atoms with E-state index < -0.39 is 11.9 Å². The third-order valence-corrected chi connectivity index (χ3v) is 3.00. The van der Waals surface area contributed by atoms with Gasteiger partial charge in [0.2, 0.25) is 0 Å². The van der Waals surface area contributed by atoms with Gasteiger partial charge in [-0.2, -0.15) is 5.26 Å². The number of carboxylic acid groups (broad SMARTS) is 1. The van der Waals surface area contributed by atoms with Gasteiger partial charge >= 0.3 is 5.97 Å². The summed E-state index contributed by atoms with van der Waals surface area (Å²) in [6.07, 6.45) is 0. The Morgan fingerprint density at radius 2 is 2.00 bits per heavy atom. The van der Waals surface area contributed by atoms with Gasteiger partial charge in [-0.15, -0.1) is 0 Å². The van der Waals surface area contributed by atoms with Gasteiger partial charge in [-0.1, -0.05) is 6.92 Å². The molecule has 1 atom stereocenters. The molecule has 1 rings (SSSR count). The van der Waals surface area contributed by atoms with Gasteiger partial charge in [0.25, 0.3) is 5.91 Å². The number of likely N-dealkylation sites (N-methyl/N-ethyl adjacent to an activating group) is 1. The van der Waals surface area contributed by atoms with Gasteiger partial charge in [0, 0.05) is 13.1 Å². The zero-order valence-electron chi connectivity index (χ0n) is 12.1. The number of carbonyl (C=O) groups excluding carboxylic acids is 1. The number of rotatable bonds is 7. The molecule has 1 aromatic carbocycles. The van der Waals surface area contributed by atoms with Crippen molar-refractivity contribution in [3.05, 3.63) is 29.8 Å². The van der Waals surface area contributed by atoms with Crippen molar-refractivity contribution >= 4 is 11.9 Å². The molecule has 0 radical (unpaired) electrons. The zero-order chi connectivity index (χ0) is 15.8. The van der Waals surface area contributed by atoms with Crippen molar-refractivity contribution in [2.75, 3.05) is 19.7 Å². The molecule has 112 valence electrons. The third-order valence-electron chi connectivity index (χ3n) is 3.00. The first-order valence-electron chi connectivity index (χ1n) is 6.61. The van der Waals surface area contributed by atoms with Gasteiger partial charge in [-0.3, -0.25) is 9.59 Å². The molecule has 0 aliphatic rings. The van der Waals surface area contributed by atoms with E-state index in [0.717, 1.165) is 0 Å². The molecule has 6 heteroatoms. The predicted octanol–water partition coefficient (Wildman–Crippen LogP) is 1.51. The van der Waals surface area contributed by atoms with Crippen LogP contribution in [0.5, 0.6) is 5.75 Å². The molecule has 0 aromatic heterocycles. The smallest absolute Gasteiger partial charge is 0.308 e. The minimum atomic E-state index is -0.936. The first-order chi connectivity index (χ1) is 9.97. The van der Waals surface area contributed by atoms with E-state index in [-0.39, 0.29) is 19.1 Å². The molecule has 21 heavy (non-hydrogen) atoms. The van der Waals surface area contributed by atoms with E-state index in [1.807, 2.05) is 6.07 Å². The van der Waals surface area contributed by atoms with Crippen LogP contribution in [-0.4, -0.2) is 41.6 Å². The molecular weight excluding hydrogens is 272 g/mol. The number of benzene rings is 1. The molecule has 1 amide bonds. The van der Waals surface area contributed by atoms with Gasteiger partial charge in [0.15, 0.2) is 6.61 Å². The Morgan fingerprint density at radius 1 is 1.38 bits per heavy atom. The quantitative estimate of drug-likeness (QED) is 0.822. The number of hydrogen-bond donors (Lipinski definition) is 1. The summed E-state index contributed by atoms with van der Waals surface area (Å²) in [5, 5.41) is 17.6. The van der Waals surface area contributed by atoms with Gasteiger partial charge in [0.1, 0.15) is 5.75 Å². The number of amides is 1. The SMILES string of the molecule is CCN(CC(C)C(=O)O)C(=O)COc1ccc(C#N)cc1. The Balaban J connectivity index is 2.54. The van der Waals surface area contributed by atoms with Crippen molar-refractivity contribution in [2.24, 2.45) is 5.92 Å². The maximum absolute atomic E-state index is 12.0. The number of ether oxygens (including phenoxy) is 1. The molecule has 0 bridgehead atoms. The standard InChI is InChI=1S/C15H18N2O4/c1-3-17(9-11(2)15(19)20)14(18)10-21-13-6-4-12(8-16)5-7-13/h4-7,11H,3,9-10H2,1-2H3,(H,19,20). The van der Waals surface area contributed by atoms with E-state index in [0.29, 0.717) is 17.9 Å². The van der Waals surface area contributed by atoms with E-state index in [1.165, 1.54) is 4.90 Å². The van der Waals surface area contributed by atoms with E-state index in [1.54, 1.807) is 38.1 Å². The highest BCUT2D eigenvalue weighted by Gasteiger charge is 2.19. The highest BCUT2D eigenvalue weighted by atomic mass is 16.5. The van der Waals surface area contributed by atoms with Crippen LogP contribution in [0.1, 0.15) is 19.4 Å². The molecule has 0 aliphatic heterocycles. The highest BCUT2D eigenvalue weighted by molar-refractivity contribution is 5.78. The van der Waals surface area contributed by atoms with Crippen molar-refractivity contribution in [3.8, 4) is 11.8 Å². The fourth-order valence-corrected chi connectivity index (χ4v) is 1.68. The third kappa shape index (κ3) is 5.15. The van der Waals surface area contributed by atoms with Crippen LogP contribution in [0.3, 0.4) is 0 Å². The van der Waals surface area contributed by atoms with E-state index >= 15 is 0 Å². The summed E-state index contributed by atoms with van der Waals surface area (Å²) in [7, 11) is 0. The summed E-state index contributed by atoms with van der Waals surface area (Å²) in [6, 6.07) is 8.42. The monoisotopic (exact) mass is 290 g/mol. The second-order valence-corrected chi connectivity index (χ2v) is 4.60. The zero-order valence-corrected chi connectivity index (χ0v) is 12.1. The Bertz CT molecular complexity index is 534. The Hall–Kier alpha value is -2.55. The minimum absolute atomic E-state index is 0.154. The van der Waals surface area contributed by atoms with Gasteiger partial charge in [0.05, 0.1) is 17.6 Å². The predicted molar refractivity (Wildman–Crippen MR) is 75.7 cm³/mol. The fourth-order valence-electron chi connectivity index (χ4n) is 1.68. The number of nitriles is 1. The number of nitrogens with zero attached hydrogens (tertiary/aromatic N) is 2. The highest BCUT2D eigenvalue weighted by Crippen LogP contribution is 2.12. The van der Waals surface area contributed by atoms with E-state index in [2.05, 4.69) is 0 Å². The van der Waals surface area contributed by atoms with Crippen molar-refractivity contribution in [1.29, 1.82) is 5.26 Å². The summed E-state index contributed by atoms with van der Waals surface area (Å²) in [5.41, 5.74) is 0.513. The van der Waals surface area contributed by atoms with Crippen LogP contribution in [0.15, 0.2) is 24.3 Å². The van der Waals surface area contributed by atoms with Gasteiger partial charge in [-0.25, -0.2) is 0 Å². The van der Waals surface area contributed by atoms with Gasteiger partial charge in [-0.05, 0) is 31.2 Å². The van der Waals surface area contributed by atoms with E-state index in [4.69, 9.17) is 15.1 Å². The molecule has 0 saturated carbocycles. The van der Waals surface area contributed by atoms with Crippen molar-refractivity contribution < 1.29 is 19.4 Å². The molecular formula is C15H18N2O4. The minimum Gasteiger partial charge on any atom is -0.484 e. The summed E-state index contributed by atoms with van der Waals surface area (Å²) in [5.74, 6) is -1.34. The Morgan fingerprint density at radius 3 is 2.48 bits per heavy atom. The maximum Gasteiger partial charge on any atom is 0.308 e. The lowest BCUT2D eigenvalue weighted by molar-refractivity contribution is -0.143. The number of aliphatic carboxylic acids is 1.